The van der Waals surface area contributed by atoms with Gasteiger partial charge in [0.05, 0.1) is 11.7 Å². The topological polar surface area (TPSA) is 47.9 Å². The van der Waals surface area contributed by atoms with Crippen molar-refractivity contribution in [2.45, 2.75) is 13.0 Å². The average molecular weight is 276 g/mol. The summed E-state index contributed by atoms with van der Waals surface area (Å²) in [5.74, 6) is 1.49. The standard InChI is InChI=1S/C15H13FO4/c1-9(17)15-11(16)3-2-4-13(15)20-10-5-6-12-14(7-10)19-8-18-12/h2-7,9,17H,8H2,1H3/t9-/m1/s1. The van der Waals surface area contributed by atoms with Crippen LogP contribution in [-0.4, -0.2) is 11.9 Å². The number of halogens is 1. The summed E-state index contributed by atoms with van der Waals surface area (Å²) in [6, 6.07) is 9.51. The van der Waals surface area contributed by atoms with Crippen molar-refractivity contribution in [2.75, 3.05) is 6.79 Å². The molecule has 3 rings (SSSR count). The molecule has 4 nitrogen and oxygen atoms in total. The molecule has 5 heteroatoms. The van der Waals surface area contributed by atoms with Crippen molar-refractivity contribution in [3.05, 3.63) is 47.8 Å². The molecule has 104 valence electrons. The van der Waals surface area contributed by atoms with Crippen LogP contribution in [0.3, 0.4) is 0 Å². The van der Waals surface area contributed by atoms with E-state index in [0.717, 1.165) is 0 Å². The number of rotatable bonds is 3. The van der Waals surface area contributed by atoms with Crippen LogP contribution in [0.2, 0.25) is 0 Å². The number of hydrogen-bond donors (Lipinski definition) is 1. The summed E-state index contributed by atoms with van der Waals surface area (Å²) in [6.45, 7) is 1.67. The summed E-state index contributed by atoms with van der Waals surface area (Å²) >= 11 is 0. The van der Waals surface area contributed by atoms with Crippen LogP contribution < -0.4 is 14.2 Å². The van der Waals surface area contributed by atoms with E-state index in [1.807, 2.05) is 0 Å². The van der Waals surface area contributed by atoms with Crippen molar-refractivity contribution in [1.82, 2.24) is 0 Å². The quantitative estimate of drug-likeness (QED) is 0.933. The summed E-state index contributed by atoms with van der Waals surface area (Å²) in [5, 5.41) is 9.65. The lowest BCUT2D eigenvalue weighted by molar-refractivity contribution is 0.174. The van der Waals surface area contributed by atoms with Crippen LogP contribution in [0.1, 0.15) is 18.6 Å². The zero-order valence-corrected chi connectivity index (χ0v) is 10.8. The van der Waals surface area contributed by atoms with Gasteiger partial charge < -0.3 is 19.3 Å². The van der Waals surface area contributed by atoms with Gasteiger partial charge in [-0.05, 0) is 31.2 Å². The maximum absolute atomic E-state index is 13.7. The van der Waals surface area contributed by atoms with E-state index < -0.39 is 11.9 Å². The molecule has 0 bridgehead atoms. The molecule has 0 fully saturated rings. The molecule has 2 aromatic carbocycles. The average Bonchev–Trinajstić information content (AvgIpc) is 2.85. The van der Waals surface area contributed by atoms with Gasteiger partial charge in [-0.1, -0.05) is 6.07 Å². The highest BCUT2D eigenvalue weighted by Crippen LogP contribution is 2.38. The fourth-order valence-corrected chi connectivity index (χ4v) is 2.08. The molecule has 0 saturated heterocycles. The summed E-state index contributed by atoms with van der Waals surface area (Å²) < 4.78 is 29.8. The van der Waals surface area contributed by atoms with Gasteiger partial charge in [0.15, 0.2) is 11.5 Å². The largest absolute Gasteiger partial charge is 0.457 e. The summed E-state index contributed by atoms with van der Waals surface area (Å²) in [5.41, 5.74) is 0.130. The highest BCUT2D eigenvalue weighted by Gasteiger charge is 2.17. The molecule has 1 aliphatic rings. The molecule has 2 aromatic rings. The summed E-state index contributed by atoms with van der Waals surface area (Å²) in [7, 11) is 0. The number of fused-ring (bicyclic) bond motifs is 1. The van der Waals surface area contributed by atoms with Crippen LogP contribution in [0.25, 0.3) is 0 Å². The van der Waals surface area contributed by atoms with Crippen LogP contribution in [0.4, 0.5) is 4.39 Å². The Balaban J connectivity index is 1.93. The highest BCUT2D eigenvalue weighted by molar-refractivity contribution is 5.49. The Morgan fingerprint density at radius 3 is 2.80 bits per heavy atom. The molecular weight excluding hydrogens is 263 g/mol. The predicted octanol–water partition coefficient (Wildman–Crippen LogP) is 3.40. The van der Waals surface area contributed by atoms with Gasteiger partial charge in [0.1, 0.15) is 17.3 Å². The molecule has 1 aliphatic heterocycles. The van der Waals surface area contributed by atoms with Gasteiger partial charge in [-0.2, -0.15) is 0 Å². The van der Waals surface area contributed by atoms with Crippen molar-refractivity contribution >= 4 is 0 Å². The van der Waals surface area contributed by atoms with Gasteiger partial charge >= 0.3 is 0 Å². The van der Waals surface area contributed by atoms with Crippen LogP contribution in [0, 0.1) is 5.82 Å². The Kier molecular flexibility index (Phi) is 3.20. The summed E-state index contributed by atoms with van der Waals surface area (Å²) in [6.07, 6.45) is -0.958. The maximum atomic E-state index is 13.7. The van der Waals surface area contributed by atoms with Crippen molar-refractivity contribution < 1.29 is 23.7 Å². The Morgan fingerprint density at radius 1 is 1.20 bits per heavy atom. The Hall–Kier alpha value is -2.27. The van der Waals surface area contributed by atoms with E-state index in [-0.39, 0.29) is 18.1 Å². The van der Waals surface area contributed by atoms with Gasteiger partial charge in [0, 0.05) is 6.07 Å². The van der Waals surface area contributed by atoms with E-state index >= 15 is 0 Å². The SMILES string of the molecule is C[C@@H](O)c1c(F)cccc1Oc1ccc2c(c1)OCO2. The van der Waals surface area contributed by atoms with Gasteiger partial charge in [-0.25, -0.2) is 4.39 Å². The number of ether oxygens (including phenoxy) is 3. The molecule has 1 heterocycles. The maximum Gasteiger partial charge on any atom is 0.231 e. The van der Waals surface area contributed by atoms with Gasteiger partial charge in [0.25, 0.3) is 0 Å². The fraction of sp³-hybridized carbons (Fsp3) is 0.200. The van der Waals surface area contributed by atoms with E-state index in [9.17, 15) is 9.50 Å². The molecular formula is C15H13FO4. The van der Waals surface area contributed by atoms with E-state index in [1.165, 1.54) is 19.1 Å². The molecule has 0 unspecified atom stereocenters. The second-order valence-corrected chi connectivity index (χ2v) is 4.44. The second-order valence-electron chi connectivity index (χ2n) is 4.44. The van der Waals surface area contributed by atoms with Crippen LogP contribution >= 0.6 is 0 Å². The molecule has 0 aliphatic carbocycles. The third-order valence-corrected chi connectivity index (χ3v) is 3.00. The van der Waals surface area contributed by atoms with Crippen LogP contribution in [0.5, 0.6) is 23.0 Å². The Bertz CT molecular complexity index is 640. The van der Waals surface area contributed by atoms with Crippen LogP contribution in [0.15, 0.2) is 36.4 Å². The molecule has 0 spiro atoms. The minimum absolute atomic E-state index is 0.130. The second kappa shape index (κ2) is 5.02. The van der Waals surface area contributed by atoms with Gasteiger partial charge in [-0.3, -0.25) is 0 Å². The van der Waals surface area contributed by atoms with Gasteiger partial charge in [-0.15, -0.1) is 0 Å². The first-order valence-electron chi connectivity index (χ1n) is 6.19. The Labute approximate surface area is 115 Å². The lowest BCUT2D eigenvalue weighted by Gasteiger charge is -2.14. The third kappa shape index (κ3) is 2.28. The third-order valence-electron chi connectivity index (χ3n) is 3.00. The lowest BCUT2D eigenvalue weighted by Crippen LogP contribution is -1.99. The van der Waals surface area contributed by atoms with Crippen molar-refractivity contribution in [1.29, 1.82) is 0 Å². The van der Waals surface area contributed by atoms with Crippen molar-refractivity contribution in [2.24, 2.45) is 0 Å². The first-order chi connectivity index (χ1) is 9.65. The first-order valence-corrected chi connectivity index (χ1v) is 6.19. The molecule has 0 saturated carbocycles. The zero-order chi connectivity index (χ0) is 14.1. The van der Waals surface area contributed by atoms with Crippen molar-refractivity contribution in [3.63, 3.8) is 0 Å². The number of benzene rings is 2. The molecule has 0 amide bonds. The van der Waals surface area contributed by atoms with Crippen LogP contribution in [-0.2, 0) is 0 Å². The van der Waals surface area contributed by atoms with Crippen molar-refractivity contribution in [3.8, 4) is 23.0 Å². The minimum atomic E-state index is -0.958. The van der Waals surface area contributed by atoms with E-state index in [1.54, 1.807) is 24.3 Å². The molecule has 1 N–H and O–H groups in total. The monoisotopic (exact) mass is 276 g/mol. The first kappa shape index (κ1) is 12.7. The van der Waals surface area contributed by atoms with Gasteiger partial charge in [0.2, 0.25) is 6.79 Å². The predicted molar refractivity (Wildman–Crippen MR) is 69.7 cm³/mol. The lowest BCUT2D eigenvalue weighted by atomic mass is 10.1. The number of hydrogen-bond acceptors (Lipinski definition) is 4. The minimum Gasteiger partial charge on any atom is -0.457 e. The Morgan fingerprint density at radius 2 is 2.00 bits per heavy atom. The number of aliphatic hydroxyl groups excluding tert-OH is 1. The molecule has 0 aromatic heterocycles. The smallest absolute Gasteiger partial charge is 0.231 e. The van der Waals surface area contributed by atoms with E-state index in [4.69, 9.17) is 14.2 Å². The molecule has 20 heavy (non-hydrogen) atoms. The van der Waals surface area contributed by atoms with E-state index in [2.05, 4.69) is 0 Å². The van der Waals surface area contributed by atoms with E-state index in [0.29, 0.717) is 17.2 Å². The number of aliphatic hydroxyl groups is 1. The normalized spacial score (nSPS) is 14.2. The fourth-order valence-electron chi connectivity index (χ4n) is 2.08. The molecule has 1 atom stereocenters. The summed E-state index contributed by atoms with van der Waals surface area (Å²) in [4.78, 5) is 0. The molecule has 0 radical (unpaired) electrons. The zero-order valence-electron chi connectivity index (χ0n) is 10.8. The highest BCUT2D eigenvalue weighted by atomic mass is 19.1.